The van der Waals surface area contributed by atoms with E-state index in [1.54, 1.807) is 18.2 Å². The highest BCUT2D eigenvalue weighted by Crippen LogP contribution is 2.25. The molecule has 5 heteroatoms. The first-order chi connectivity index (χ1) is 10.6. The van der Waals surface area contributed by atoms with E-state index in [0.29, 0.717) is 17.7 Å². The van der Waals surface area contributed by atoms with Crippen LogP contribution in [0.15, 0.2) is 36.4 Å². The minimum absolute atomic E-state index is 0.0827. The number of amides is 1. The van der Waals surface area contributed by atoms with Crippen molar-refractivity contribution in [2.24, 2.45) is 0 Å². The number of Topliss-reactive ketones (excluding diaryl/α,β-unsaturated/α-hetero) is 1. The van der Waals surface area contributed by atoms with E-state index < -0.39 is 23.1 Å². The summed E-state index contributed by atoms with van der Waals surface area (Å²) in [6, 6.07) is 8.16. The normalized spacial score (nSPS) is 13.6. The molecule has 0 spiro atoms. The van der Waals surface area contributed by atoms with Gasteiger partial charge in [0.2, 0.25) is 0 Å². The zero-order valence-corrected chi connectivity index (χ0v) is 11.7. The van der Waals surface area contributed by atoms with Crippen LogP contribution in [0.4, 0.5) is 14.5 Å². The number of aryl methyl sites for hydroxylation is 1. The van der Waals surface area contributed by atoms with Gasteiger partial charge in [0.05, 0.1) is 0 Å². The summed E-state index contributed by atoms with van der Waals surface area (Å²) in [4.78, 5) is 23.8. The number of hydrogen-bond acceptors (Lipinski definition) is 2. The molecule has 0 aliphatic heterocycles. The standard InChI is InChI=1S/C17H13F2NO2/c18-13-4-2-5-14(19)16(13)17(22)20-11-7-8-12-10(9-11)3-1-6-15(12)21/h2,4-5,7-9H,1,3,6H2,(H,20,22). The van der Waals surface area contributed by atoms with Crippen LogP contribution >= 0.6 is 0 Å². The Hall–Kier alpha value is -2.56. The maximum absolute atomic E-state index is 13.6. The van der Waals surface area contributed by atoms with Gasteiger partial charge in [-0.2, -0.15) is 0 Å². The predicted molar refractivity (Wildman–Crippen MR) is 78.0 cm³/mol. The highest BCUT2D eigenvalue weighted by atomic mass is 19.1. The molecule has 2 aromatic rings. The molecule has 0 unspecified atom stereocenters. The van der Waals surface area contributed by atoms with Crippen molar-refractivity contribution in [3.05, 3.63) is 64.7 Å². The Balaban J connectivity index is 1.87. The van der Waals surface area contributed by atoms with Gasteiger partial charge in [-0.25, -0.2) is 8.78 Å². The van der Waals surface area contributed by atoms with Crippen molar-refractivity contribution in [2.75, 3.05) is 5.32 Å². The van der Waals surface area contributed by atoms with Gasteiger partial charge in [-0.05, 0) is 48.7 Å². The average molecular weight is 301 g/mol. The number of carbonyl (C=O) groups is 2. The lowest BCUT2D eigenvalue weighted by atomic mass is 9.90. The van der Waals surface area contributed by atoms with Gasteiger partial charge < -0.3 is 5.32 Å². The van der Waals surface area contributed by atoms with Crippen molar-refractivity contribution in [2.45, 2.75) is 19.3 Å². The lowest BCUT2D eigenvalue weighted by molar-refractivity contribution is 0.0971. The van der Waals surface area contributed by atoms with Gasteiger partial charge in [0, 0.05) is 17.7 Å². The van der Waals surface area contributed by atoms with Crippen molar-refractivity contribution in [1.82, 2.24) is 0 Å². The fourth-order valence-electron chi connectivity index (χ4n) is 2.63. The zero-order chi connectivity index (χ0) is 15.7. The Morgan fingerprint density at radius 3 is 2.50 bits per heavy atom. The molecule has 0 heterocycles. The highest BCUT2D eigenvalue weighted by molar-refractivity contribution is 6.05. The van der Waals surface area contributed by atoms with Crippen LogP contribution in [-0.2, 0) is 6.42 Å². The molecule has 1 amide bonds. The Labute approximate surface area is 126 Å². The molecular weight excluding hydrogens is 288 g/mol. The third kappa shape index (κ3) is 2.62. The summed E-state index contributed by atoms with van der Waals surface area (Å²) in [5, 5.41) is 2.47. The lowest BCUT2D eigenvalue weighted by Gasteiger charge is -2.16. The Kier molecular flexibility index (Phi) is 3.71. The minimum atomic E-state index is -0.911. The molecule has 112 valence electrons. The smallest absolute Gasteiger partial charge is 0.261 e. The minimum Gasteiger partial charge on any atom is -0.322 e. The lowest BCUT2D eigenvalue weighted by Crippen LogP contribution is -2.17. The molecule has 0 saturated heterocycles. The molecule has 1 aliphatic carbocycles. The topological polar surface area (TPSA) is 46.2 Å². The van der Waals surface area contributed by atoms with E-state index in [1.807, 2.05) is 0 Å². The molecule has 0 atom stereocenters. The van der Waals surface area contributed by atoms with Crippen LogP contribution in [0.25, 0.3) is 0 Å². The van der Waals surface area contributed by atoms with Crippen molar-refractivity contribution in [1.29, 1.82) is 0 Å². The van der Waals surface area contributed by atoms with E-state index >= 15 is 0 Å². The monoisotopic (exact) mass is 301 g/mol. The maximum Gasteiger partial charge on any atom is 0.261 e. The summed E-state index contributed by atoms with van der Waals surface area (Å²) >= 11 is 0. The number of halogens is 2. The summed E-state index contributed by atoms with van der Waals surface area (Å²) in [7, 11) is 0. The molecule has 0 radical (unpaired) electrons. The Morgan fingerprint density at radius 1 is 1.05 bits per heavy atom. The Morgan fingerprint density at radius 2 is 1.77 bits per heavy atom. The molecule has 1 aliphatic rings. The van der Waals surface area contributed by atoms with E-state index in [2.05, 4.69) is 5.32 Å². The number of carbonyl (C=O) groups excluding carboxylic acids is 2. The van der Waals surface area contributed by atoms with Gasteiger partial charge in [0.25, 0.3) is 5.91 Å². The van der Waals surface area contributed by atoms with Crippen LogP contribution in [0.2, 0.25) is 0 Å². The van der Waals surface area contributed by atoms with Crippen molar-refractivity contribution in [3.63, 3.8) is 0 Å². The van der Waals surface area contributed by atoms with Gasteiger partial charge in [-0.15, -0.1) is 0 Å². The van der Waals surface area contributed by atoms with E-state index in [1.165, 1.54) is 6.07 Å². The van der Waals surface area contributed by atoms with E-state index in [4.69, 9.17) is 0 Å². The summed E-state index contributed by atoms with van der Waals surface area (Å²) in [6.07, 6.45) is 2.04. The third-order valence-electron chi connectivity index (χ3n) is 3.70. The molecule has 0 saturated carbocycles. The molecule has 22 heavy (non-hydrogen) atoms. The number of anilines is 1. The molecule has 3 nitrogen and oxygen atoms in total. The van der Waals surface area contributed by atoms with Crippen LogP contribution in [-0.4, -0.2) is 11.7 Å². The van der Waals surface area contributed by atoms with Gasteiger partial charge in [0.1, 0.15) is 17.2 Å². The second-order valence-corrected chi connectivity index (χ2v) is 5.20. The summed E-state index contributed by atoms with van der Waals surface area (Å²) in [5.41, 5.74) is 1.31. The van der Waals surface area contributed by atoms with Gasteiger partial charge in [-0.3, -0.25) is 9.59 Å². The number of hydrogen-bond donors (Lipinski definition) is 1. The van der Waals surface area contributed by atoms with Crippen LogP contribution in [0.3, 0.4) is 0 Å². The van der Waals surface area contributed by atoms with Crippen LogP contribution in [0, 0.1) is 11.6 Å². The molecule has 1 N–H and O–H groups in total. The number of benzene rings is 2. The molecule has 0 aromatic heterocycles. The molecule has 0 bridgehead atoms. The van der Waals surface area contributed by atoms with Crippen molar-refractivity contribution < 1.29 is 18.4 Å². The van der Waals surface area contributed by atoms with E-state index in [9.17, 15) is 18.4 Å². The summed E-state index contributed by atoms with van der Waals surface area (Å²) in [6.45, 7) is 0. The van der Waals surface area contributed by atoms with Gasteiger partial charge >= 0.3 is 0 Å². The Bertz CT molecular complexity index is 751. The fraction of sp³-hybridized carbons (Fsp3) is 0.176. The highest BCUT2D eigenvalue weighted by Gasteiger charge is 2.20. The van der Waals surface area contributed by atoms with Crippen LogP contribution in [0.5, 0.6) is 0 Å². The van der Waals surface area contributed by atoms with E-state index in [0.717, 1.165) is 30.5 Å². The first-order valence-electron chi connectivity index (χ1n) is 6.98. The largest absolute Gasteiger partial charge is 0.322 e. The molecule has 2 aromatic carbocycles. The first-order valence-corrected chi connectivity index (χ1v) is 6.98. The number of ketones is 1. The second-order valence-electron chi connectivity index (χ2n) is 5.20. The van der Waals surface area contributed by atoms with Crippen molar-refractivity contribution in [3.8, 4) is 0 Å². The number of nitrogens with one attached hydrogen (secondary N) is 1. The summed E-state index contributed by atoms with van der Waals surface area (Å²) < 4.78 is 27.2. The maximum atomic E-state index is 13.6. The first kappa shape index (κ1) is 14.4. The van der Waals surface area contributed by atoms with Gasteiger partial charge in [-0.1, -0.05) is 6.07 Å². The summed E-state index contributed by atoms with van der Waals surface area (Å²) in [5.74, 6) is -2.59. The predicted octanol–water partition coefficient (Wildman–Crippen LogP) is 3.74. The second kappa shape index (κ2) is 5.67. The molecular formula is C17H13F2NO2. The van der Waals surface area contributed by atoms with Crippen molar-refractivity contribution >= 4 is 17.4 Å². The molecule has 0 fully saturated rings. The quantitative estimate of drug-likeness (QED) is 0.918. The average Bonchev–Trinajstić information content (AvgIpc) is 2.47. The van der Waals surface area contributed by atoms with Crippen LogP contribution in [0.1, 0.15) is 39.1 Å². The van der Waals surface area contributed by atoms with Gasteiger partial charge in [0.15, 0.2) is 5.78 Å². The fourth-order valence-corrected chi connectivity index (χ4v) is 2.63. The SMILES string of the molecule is O=C1CCCc2cc(NC(=O)c3c(F)cccc3F)ccc21. The molecule has 3 rings (SSSR count). The third-order valence-corrected chi connectivity index (χ3v) is 3.70. The number of fused-ring (bicyclic) bond motifs is 1. The van der Waals surface area contributed by atoms with Crippen LogP contribution < -0.4 is 5.32 Å². The zero-order valence-electron chi connectivity index (χ0n) is 11.7. The van der Waals surface area contributed by atoms with E-state index in [-0.39, 0.29) is 5.78 Å². The number of rotatable bonds is 2.